The third-order valence-electron chi connectivity index (χ3n) is 4.44. The number of rotatable bonds is 2. The van der Waals surface area contributed by atoms with Crippen molar-refractivity contribution in [3.8, 4) is 0 Å². The standard InChI is InChI=1S/C17H24N4/c1-3-13-12-20(2)9-6-10-21(13)17-14-7-4-5-8-16(14)19-11-15(17)18/h4-5,7-8,11,13H,3,6,9-10,12,18H2,1-2H3. The maximum Gasteiger partial charge on any atom is 0.0745 e. The van der Waals surface area contributed by atoms with Crippen LogP contribution in [0.5, 0.6) is 0 Å². The minimum atomic E-state index is 0.505. The van der Waals surface area contributed by atoms with Gasteiger partial charge in [-0.2, -0.15) is 0 Å². The lowest BCUT2D eigenvalue weighted by Gasteiger charge is -2.33. The Labute approximate surface area is 126 Å². The number of anilines is 2. The summed E-state index contributed by atoms with van der Waals surface area (Å²) in [7, 11) is 2.21. The van der Waals surface area contributed by atoms with Crippen molar-refractivity contribution in [1.29, 1.82) is 0 Å². The van der Waals surface area contributed by atoms with Gasteiger partial charge in [-0.15, -0.1) is 0 Å². The van der Waals surface area contributed by atoms with E-state index in [0.29, 0.717) is 6.04 Å². The van der Waals surface area contributed by atoms with Gasteiger partial charge in [0.25, 0.3) is 0 Å². The number of nitrogens with two attached hydrogens (primary N) is 1. The van der Waals surface area contributed by atoms with E-state index in [9.17, 15) is 0 Å². The Morgan fingerprint density at radius 1 is 1.29 bits per heavy atom. The van der Waals surface area contributed by atoms with Crippen LogP contribution in [0.2, 0.25) is 0 Å². The number of likely N-dealkylation sites (N-methyl/N-ethyl adjacent to an activating group) is 1. The molecule has 21 heavy (non-hydrogen) atoms. The van der Waals surface area contributed by atoms with Crippen LogP contribution in [-0.2, 0) is 0 Å². The zero-order valence-corrected chi connectivity index (χ0v) is 12.9. The average Bonchev–Trinajstić information content (AvgIpc) is 2.68. The summed E-state index contributed by atoms with van der Waals surface area (Å²) in [5.74, 6) is 0. The molecule has 1 saturated heterocycles. The third-order valence-corrected chi connectivity index (χ3v) is 4.44. The van der Waals surface area contributed by atoms with E-state index in [1.54, 1.807) is 6.20 Å². The van der Waals surface area contributed by atoms with Gasteiger partial charge in [0.1, 0.15) is 0 Å². The quantitative estimate of drug-likeness (QED) is 0.921. The molecule has 1 aromatic heterocycles. The molecule has 2 aromatic rings. The lowest BCUT2D eigenvalue weighted by molar-refractivity contribution is 0.328. The molecule has 1 fully saturated rings. The first kappa shape index (κ1) is 14.1. The maximum atomic E-state index is 6.30. The summed E-state index contributed by atoms with van der Waals surface area (Å²) in [6.45, 7) is 5.56. The zero-order chi connectivity index (χ0) is 14.8. The maximum absolute atomic E-state index is 6.30. The van der Waals surface area contributed by atoms with Crippen molar-refractivity contribution in [2.24, 2.45) is 0 Å². The van der Waals surface area contributed by atoms with Crippen molar-refractivity contribution in [2.75, 3.05) is 37.3 Å². The minimum Gasteiger partial charge on any atom is -0.396 e. The van der Waals surface area contributed by atoms with E-state index in [1.807, 2.05) is 6.07 Å². The minimum absolute atomic E-state index is 0.505. The Bertz CT molecular complexity index is 625. The van der Waals surface area contributed by atoms with Crippen LogP contribution in [0.15, 0.2) is 30.5 Å². The van der Waals surface area contributed by atoms with Crippen molar-refractivity contribution in [3.05, 3.63) is 30.5 Å². The largest absolute Gasteiger partial charge is 0.396 e. The highest BCUT2D eigenvalue weighted by Gasteiger charge is 2.25. The summed E-state index contributed by atoms with van der Waals surface area (Å²) in [6, 6.07) is 8.80. The molecule has 1 atom stereocenters. The molecule has 1 aromatic carbocycles. The van der Waals surface area contributed by atoms with Crippen molar-refractivity contribution in [3.63, 3.8) is 0 Å². The molecule has 4 nitrogen and oxygen atoms in total. The summed E-state index contributed by atoms with van der Waals surface area (Å²) in [4.78, 5) is 9.39. The number of benzene rings is 1. The Morgan fingerprint density at radius 3 is 2.90 bits per heavy atom. The van der Waals surface area contributed by atoms with Gasteiger partial charge < -0.3 is 15.5 Å². The van der Waals surface area contributed by atoms with Gasteiger partial charge in [0.2, 0.25) is 0 Å². The van der Waals surface area contributed by atoms with Gasteiger partial charge in [-0.25, -0.2) is 0 Å². The van der Waals surface area contributed by atoms with Gasteiger partial charge in [-0.3, -0.25) is 4.98 Å². The topological polar surface area (TPSA) is 45.4 Å². The van der Waals surface area contributed by atoms with E-state index in [-0.39, 0.29) is 0 Å². The fourth-order valence-electron chi connectivity index (χ4n) is 3.35. The number of hydrogen-bond donors (Lipinski definition) is 1. The highest BCUT2D eigenvalue weighted by Crippen LogP contribution is 2.34. The van der Waals surface area contributed by atoms with Gasteiger partial charge in [-0.05, 0) is 32.5 Å². The van der Waals surface area contributed by atoms with Gasteiger partial charge in [-0.1, -0.05) is 25.1 Å². The molecule has 4 heteroatoms. The fraction of sp³-hybridized carbons (Fsp3) is 0.471. The van der Waals surface area contributed by atoms with Crippen molar-refractivity contribution < 1.29 is 0 Å². The first-order valence-electron chi connectivity index (χ1n) is 7.79. The Hall–Kier alpha value is -1.81. The number of nitrogen functional groups attached to an aromatic ring is 1. The predicted octanol–water partition coefficient (Wildman–Crippen LogP) is 2.74. The monoisotopic (exact) mass is 284 g/mol. The highest BCUT2D eigenvalue weighted by molar-refractivity contribution is 5.97. The first-order valence-corrected chi connectivity index (χ1v) is 7.79. The second-order valence-corrected chi connectivity index (χ2v) is 5.95. The lowest BCUT2D eigenvalue weighted by Crippen LogP contribution is -2.40. The van der Waals surface area contributed by atoms with Gasteiger partial charge in [0.15, 0.2) is 0 Å². The van der Waals surface area contributed by atoms with Crippen LogP contribution < -0.4 is 10.6 Å². The van der Waals surface area contributed by atoms with Crippen LogP contribution >= 0.6 is 0 Å². The van der Waals surface area contributed by atoms with E-state index in [4.69, 9.17) is 5.73 Å². The Morgan fingerprint density at radius 2 is 2.10 bits per heavy atom. The molecule has 2 heterocycles. The lowest BCUT2D eigenvalue weighted by atomic mass is 10.1. The summed E-state index contributed by atoms with van der Waals surface area (Å²) in [5.41, 5.74) is 9.28. The van der Waals surface area contributed by atoms with E-state index < -0.39 is 0 Å². The molecule has 0 saturated carbocycles. The van der Waals surface area contributed by atoms with Crippen LogP contribution in [0.4, 0.5) is 11.4 Å². The van der Waals surface area contributed by atoms with E-state index in [2.05, 4.69) is 47.0 Å². The van der Waals surface area contributed by atoms with E-state index >= 15 is 0 Å². The predicted molar refractivity (Wildman–Crippen MR) is 89.7 cm³/mol. The molecule has 0 spiro atoms. The SMILES string of the molecule is CCC1CN(C)CCCN1c1c(N)cnc2ccccc12. The molecule has 0 radical (unpaired) electrons. The summed E-state index contributed by atoms with van der Waals surface area (Å²) >= 11 is 0. The molecule has 0 aliphatic carbocycles. The number of hydrogen-bond acceptors (Lipinski definition) is 4. The molecule has 1 unspecified atom stereocenters. The fourth-order valence-corrected chi connectivity index (χ4v) is 3.35. The molecular formula is C17H24N4. The van der Waals surface area contributed by atoms with Crippen LogP contribution in [-0.4, -0.2) is 42.6 Å². The molecule has 1 aliphatic rings. The first-order chi connectivity index (χ1) is 10.2. The third kappa shape index (κ3) is 2.68. The molecule has 112 valence electrons. The molecule has 0 bridgehead atoms. The van der Waals surface area contributed by atoms with Crippen LogP contribution in [0.3, 0.4) is 0 Å². The average molecular weight is 284 g/mol. The summed E-state index contributed by atoms with van der Waals surface area (Å²) in [6.07, 6.45) is 4.10. The number of fused-ring (bicyclic) bond motifs is 1. The zero-order valence-electron chi connectivity index (χ0n) is 12.9. The Kier molecular flexibility index (Phi) is 3.97. The highest BCUT2D eigenvalue weighted by atomic mass is 15.2. The molecule has 0 amide bonds. The molecule has 2 N–H and O–H groups in total. The number of para-hydroxylation sites is 1. The number of aromatic nitrogens is 1. The smallest absolute Gasteiger partial charge is 0.0745 e. The van der Waals surface area contributed by atoms with E-state index in [0.717, 1.165) is 37.3 Å². The van der Waals surface area contributed by atoms with Gasteiger partial charge in [0, 0.05) is 24.5 Å². The number of nitrogens with zero attached hydrogens (tertiary/aromatic N) is 3. The summed E-state index contributed by atoms with van der Waals surface area (Å²) in [5, 5.41) is 1.17. The van der Waals surface area contributed by atoms with Crippen molar-refractivity contribution in [1.82, 2.24) is 9.88 Å². The van der Waals surface area contributed by atoms with E-state index in [1.165, 1.54) is 17.5 Å². The summed E-state index contributed by atoms with van der Waals surface area (Å²) < 4.78 is 0. The second-order valence-electron chi connectivity index (χ2n) is 5.95. The van der Waals surface area contributed by atoms with Crippen LogP contribution in [0, 0.1) is 0 Å². The van der Waals surface area contributed by atoms with Crippen molar-refractivity contribution >= 4 is 22.3 Å². The van der Waals surface area contributed by atoms with Gasteiger partial charge in [0.05, 0.1) is 23.1 Å². The molecule has 1 aliphatic heterocycles. The number of pyridine rings is 1. The van der Waals surface area contributed by atoms with Crippen LogP contribution in [0.1, 0.15) is 19.8 Å². The van der Waals surface area contributed by atoms with Crippen LogP contribution in [0.25, 0.3) is 10.9 Å². The Balaban J connectivity index is 2.11. The van der Waals surface area contributed by atoms with Gasteiger partial charge >= 0.3 is 0 Å². The molecular weight excluding hydrogens is 260 g/mol. The molecule has 3 rings (SSSR count). The normalized spacial score (nSPS) is 20.7. The van der Waals surface area contributed by atoms with Crippen molar-refractivity contribution in [2.45, 2.75) is 25.8 Å². The second kappa shape index (κ2) is 5.90.